The van der Waals surface area contributed by atoms with Crippen molar-refractivity contribution in [3.05, 3.63) is 44.9 Å². The first-order valence-corrected chi connectivity index (χ1v) is 8.58. The number of likely N-dealkylation sites (tertiary alicyclic amines) is 1. The zero-order chi connectivity index (χ0) is 16.7. The van der Waals surface area contributed by atoms with Crippen molar-refractivity contribution in [1.82, 2.24) is 25.1 Å². The van der Waals surface area contributed by atoms with E-state index in [0.29, 0.717) is 12.4 Å². The van der Waals surface area contributed by atoms with Crippen molar-refractivity contribution >= 4 is 5.91 Å². The van der Waals surface area contributed by atoms with E-state index in [1.165, 1.54) is 0 Å². The molecule has 1 aliphatic heterocycles. The minimum atomic E-state index is -0.280. The fourth-order valence-electron chi connectivity index (χ4n) is 3.78. The van der Waals surface area contributed by atoms with E-state index < -0.39 is 0 Å². The van der Waals surface area contributed by atoms with Crippen molar-refractivity contribution in [2.45, 2.75) is 51.5 Å². The molecular formula is C17H21N5O2. The predicted octanol–water partition coefficient (Wildman–Crippen LogP) is 1.66. The first kappa shape index (κ1) is 15.1. The van der Waals surface area contributed by atoms with Crippen LogP contribution in [0.25, 0.3) is 0 Å². The number of aryl methyl sites for hydroxylation is 3. The molecule has 0 aromatic carbocycles. The van der Waals surface area contributed by atoms with Crippen molar-refractivity contribution in [2.75, 3.05) is 6.54 Å². The van der Waals surface area contributed by atoms with E-state index in [4.69, 9.17) is 0 Å². The number of fused-ring (bicyclic) bond motifs is 1. The zero-order valence-corrected chi connectivity index (χ0v) is 13.8. The summed E-state index contributed by atoms with van der Waals surface area (Å²) in [6, 6.07) is 1.65. The molecule has 4 rings (SSSR count). The molecule has 2 aromatic heterocycles. The molecule has 7 heteroatoms. The van der Waals surface area contributed by atoms with E-state index in [2.05, 4.69) is 20.2 Å². The topological polar surface area (TPSA) is 94.7 Å². The summed E-state index contributed by atoms with van der Waals surface area (Å²) in [7, 11) is 0. The number of hydrogen-bond donors (Lipinski definition) is 2. The van der Waals surface area contributed by atoms with E-state index in [1.807, 2.05) is 6.92 Å². The van der Waals surface area contributed by atoms with E-state index in [1.54, 1.807) is 11.0 Å². The lowest BCUT2D eigenvalue weighted by atomic mass is 9.95. The Kier molecular flexibility index (Phi) is 3.70. The van der Waals surface area contributed by atoms with Gasteiger partial charge in [0.2, 0.25) is 0 Å². The van der Waals surface area contributed by atoms with Crippen LogP contribution in [0.2, 0.25) is 0 Å². The highest BCUT2D eigenvalue weighted by molar-refractivity contribution is 5.94. The number of H-pyrrole nitrogens is 2. The average Bonchev–Trinajstić information content (AvgIpc) is 3.22. The maximum Gasteiger partial charge on any atom is 0.261 e. The van der Waals surface area contributed by atoms with Crippen LogP contribution < -0.4 is 5.56 Å². The van der Waals surface area contributed by atoms with Crippen LogP contribution >= 0.6 is 0 Å². The van der Waals surface area contributed by atoms with E-state index in [0.717, 1.165) is 55.6 Å². The maximum absolute atomic E-state index is 13.0. The van der Waals surface area contributed by atoms with E-state index in [9.17, 15) is 9.59 Å². The van der Waals surface area contributed by atoms with Gasteiger partial charge in [0.15, 0.2) is 5.82 Å². The quantitative estimate of drug-likeness (QED) is 0.877. The van der Waals surface area contributed by atoms with E-state index >= 15 is 0 Å². The van der Waals surface area contributed by atoms with Gasteiger partial charge in [0.05, 0.1) is 6.04 Å². The van der Waals surface area contributed by atoms with Gasteiger partial charge < -0.3 is 9.88 Å². The van der Waals surface area contributed by atoms with Crippen LogP contribution in [0, 0.1) is 6.92 Å². The molecule has 2 aromatic rings. The lowest BCUT2D eigenvalue weighted by Crippen LogP contribution is -2.35. The molecule has 1 saturated heterocycles. The van der Waals surface area contributed by atoms with Gasteiger partial charge in [-0.3, -0.25) is 14.7 Å². The van der Waals surface area contributed by atoms with Crippen LogP contribution in [0.1, 0.15) is 65.0 Å². The fraction of sp³-hybridized carbons (Fsp3) is 0.529. The van der Waals surface area contributed by atoms with Crippen molar-refractivity contribution in [2.24, 2.45) is 0 Å². The van der Waals surface area contributed by atoms with E-state index in [-0.39, 0.29) is 23.1 Å². The van der Waals surface area contributed by atoms with Gasteiger partial charge in [-0.05, 0) is 57.1 Å². The van der Waals surface area contributed by atoms with Gasteiger partial charge >= 0.3 is 0 Å². The summed E-state index contributed by atoms with van der Waals surface area (Å²) in [5.74, 6) is 1.15. The highest BCUT2D eigenvalue weighted by atomic mass is 16.2. The number of carbonyl (C=O) groups is 1. The Labute approximate surface area is 139 Å². The molecular weight excluding hydrogens is 306 g/mol. The molecule has 0 spiro atoms. The highest BCUT2D eigenvalue weighted by Gasteiger charge is 2.34. The SMILES string of the molecule is Cc1nc([C@H]2CCCN2C(=O)c2cc3c([nH]c2=O)CCCC3)n[nH]1. The summed E-state index contributed by atoms with van der Waals surface area (Å²) in [6.45, 7) is 2.47. The summed E-state index contributed by atoms with van der Waals surface area (Å²) in [6.07, 6.45) is 5.74. The number of amides is 1. The van der Waals surface area contributed by atoms with Crippen molar-refractivity contribution in [3.8, 4) is 0 Å². The normalized spacial score (nSPS) is 20.2. The molecule has 0 radical (unpaired) electrons. The molecule has 1 amide bonds. The highest BCUT2D eigenvalue weighted by Crippen LogP contribution is 2.31. The zero-order valence-electron chi connectivity index (χ0n) is 13.8. The summed E-state index contributed by atoms with van der Waals surface area (Å²) >= 11 is 0. The fourth-order valence-corrected chi connectivity index (χ4v) is 3.78. The third-order valence-electron chi connectivity index (χ3n) is 4.99. The second kappa shape index (κ2) is 5.89. The van der Waals surface area contributed by atoms with Gasteiger partial charge in [-0.15, -0.1) is 0 Å². The van der Waals surface area contributed by atoms with Crippen LogP contribution in [-0.2, 0) is 12.8 Å². The third-order valence-corrected chi connectivity index (χ3v) is 4.99. The number of rotatable bonds is 2. The number of nitrogens with zero attached hydrogens (tertiary/aromatic N) is 3. The Morgan fingerprint density at radius 2 is 2.12 bits per heavy atom. The lowest BCUT2D eigenvalue weighted by Gasteiger charge is -2.23. The molecule has 1 aliphatic carbocycles. The minimum absolute atomic E-state index is 0.155. The van der Waals surface area contributed by atoms with Crippen LogP contribution in [0.3, 0.4) is 0 Å². The van der Waals surface area contributed by atoms with Gasteiger partial charge in [-0.1, -0.05) is 0 Å². The first-order valence-electron chi connectivity index (χ1n) is 8.58. The van der Waals surface area contributed by atoms with Crippen LogP contribution in [0.5, 0.6) is 0 Å². The number of aromatic amines is 2. The number of nitrogens with one attached hydrogen (secondary N) is 2. The molecule has 24 heavy (non-hydrogen) atoms. The van der Waals surface area contributed by atoms with Crippen molar-refractivity contribution < 1.29 is 4.79 Å². The van der Waals surface area contributed by atoms with Gasteiger partial charge in [0, 0.05) is 12.2 Å². The maximum atomic E-state index is 13.0. The molecule has 1 fully saturated rings. The van der Waals surface area contributed by atoms with Crippen molar-refractivity contribution in [3.63, 3.8) is 0 Å². The number of carbonyl (C=O) groups excluding carboxylic acids is 1. The summed E-state index contributed by atoms with van der Waals surface area (Å²) in [4.78, 5) is 34.4. The molecule has 0 saturated carbocycles. The van der Waals surface area contributed by atoms with Crippen LogP contribution in [-0.4, -0.2) is 37.5 Å². The average molecular weight is 327 g/mol. The monoisotopic (exact) mass is 327 g/mol. The van der Waals surface area contributed by atoms with Gasteiger partial charge in [-0.25, -0.2) is 4.98 Å². The molecule has 126 valence electrons. The smallest absolute Gasteiger partial charge is 0.261 e. The number of hydrogen-bond acceptors (Lipinski definition) is 4. The van der Waals surface area contributed by atoms with Gasteiger partial charge in [0.25, 0.3) is 11.5 Å². The first-order chi connectivity index (χ1) is 11.6. The van der Waals surface area contributed by atoms with Gasteiger partial charge in [0.1, 0.15) is 11.4 Å². The van der Waals surface area contributed by atoms with Gasteiger partial charge in [-0.2, -0.15) is 5.10 Å². The number of aromatic nitrogens is 4. The Balaban J connectivity index is 1.67. The Morgan fingerprint density at radius 1 is 1.29 bits per heavy atom. The number of pyridine rings is 1. The predicted molar refractivity (Wildman–Crippen MR) is 87.8 cm³/mol. The second-order valence-corrected chi connectivity index (χ2v) is 6.66. The second-order valence-electron chi connectivity index (χ2n) is 6.66. The molecule has 0 bridgehead atoms. The molecule has 2 N–H and O–H groups in total. The summed E-state index contributed by atoms with van der Waals surface area (Å²) in [5.41, 5.74) is 2.06. The van der Waals surface area contributed by atoms with Crippen molar-refractivity contribution in [1.29, 1.82) is 0 Å². The molecule has 3 heterocycles. The Hall–Kier alpha value is -2.44. The minimum Gasteiger partial charge on any atom is -0.328 e. The van der Waals surface area contributed by atoms with Crippen LogP contribution in [0.15, 0.2) is 10.9 Å². The standard InChI is InChI=1S/C17H21N5O2/c1-10-18-15(21-20-10)14-7-4-8-22(14)17(24)12-9-11-5-2-3-6-13(11)19-16(12)23/h9,14H,2-8H2,1H3,(H,19,23)(H,18,20,21)/t14-/m1/s1. The molecule has 7 nitrogen and oxygen atoms in total. The third kappa shape index (κ3) is 2.53. The largest absolute Gasteiger partial charge is 0.328 e. The van der Waals surface area contributed by atoms with Crippen LogP contribution in [0.4, 0.5) is 0 Å². The Morgan fingerprint density at radius 3 is 2.92 bits per heavy atom. The molecule has 1 atom stereocenters. The molecule has 0 unspecified atom stereocenters. The summed E-state index contributed by atoms with van der Waals surface area (Å²) in [5, 5.41) is 7.03. The summed E-state index contributed by atoms with van der Waals surface area (Å²) < 4.78 is 0. The lowest BCUT2D eigenvalue weighted by molar-refractivity contribution is 0.0728. The Bertz CT molecular complexity index is 838. The molecule has 2 aliphatic rings.